The Balaban J connectivity index is 1.94. The quantitative estimate of drug-likeness (QED) is 0.672. The minimum atomic E-state index is 0.639. The molecule has 0 bridgehead atoms. The van der Waals surface area contributed by atoms with E-state index in [9.17, 15) is 0 Å². The summed E-state index contributed by atoms with van der Waals surface area (Å²) in [5.41, 5.74) is 0. The molecule has 0 atom stereocenters. The molecule has 0 aromatic heterocycles. The summed E-state index contributed by atoms with van der Waals surface area (Å²) < 4.78 is 0. The van der Waals surface area contributed by atoms with Crippen molar-refractivity contribution >= 4 is 0 Å². The third-order valence-electron chi connectivity index (χ3n) is 3.74. The van der Waals surface area contributed by atoms with Crippen molar-refractivity contribution in [2.75, 3.05) is 26.2 Å². The van der Waals surface area contributed by atoms with Gasteiger partial charge in [-0.15, -0.1) is 0 Å². The van der Waals surface area contributed by atoms with Crippen LogP contribution in [0.4, 0.5) is 0 Å². The summed E-state index contributed by atoms with van der Waals surface area (Å²) in [7, 11) is 0. The van der Waals surface area contributed by atoms with E-state index in [1.165, 1.54) is 58.3 Å². The van der Waals surface area contributed by atoms with E-state index in [2.05, 4.69) is 31.0 Å². The number of nitrogens with zero attached hydrogens (tertiary/aromatic N) is 1. The van der Waals surface area contributed by atoms with Gasteiger partial charge in [-0.1, -0.05) is 27.2 Å². The second kappa shape index (κ2) is 8.08. The lowest BCUT2D eigenvalue weighted by Crippen LogP contribution is -2.34. The van der Waals surface area contributed by atoms with Crippen LogP contribution in [0.15, 0.2) is 0 Å². The van der Waals surface area contributed by atoms with Crippen LogP contribution in [0, 0.1) is 5.92 Å². The number of likely N-dealkylation sites (tertiary alicyclic amines) is 1. The Morgan fingerprint density at radius 1 is 1.19 bits per heavy atom. The number of hydrogen-bond donors (Lipinski definition) is 1. The molecule has 2 heteroatoms. The average Bonchev–Trinajstić information content (AvgIpc) is 2.29. The van der Waals surface area contributed by atoms with Crippen molar-refractivity contribution in [3.63, 3.8) is 0 Å². The first-order chi connectivity index (χ1) is 7.72. The molecule has 0 spiro atoms. The van der Waals surface area contributed by atoms with E-state index < -0.39 is 0 Å². The first kappa shape index (κ1) is 14.0. The van der Waals surface area contributed by atoms with Crippen molar-refractivity contribution in [3.8, 4) is 0 Å². The summed E-state index contributed by atoms with van der Waals surface area (Å²) in [5.74, 6) is 1.01. The monoisotopic (exact) mass is 226 g/mol. The molecule has 0 radical (unpaired) electrons. The van der Waals surface area contributed by atoms with Gasteiger partial charge in [0.1, 0.15) is 0 Å². The van der Waals surface area contributed by atoms with Gasteiger partial charge in [0, 0.05) is 6.04 Å². The van der Waals surface area contributed by atoms with Gasteiger partial charge in [-0.3, -0.25) is 0 Å². The van der Waals surface area contributed by atoms with Crippen molar-refractivity contribution < 1.29 is 0 Å². The largest absolute Gasteiger partial charge is 0.315 e. The maximum Gasteiger partial charge on any atom is 0.00103 e. The fourth-order valence-corrected chi connectivity index (χ4v) is 2.47. The Bertz CT molecular complexity index is 160. The molecular weight excluding hydrogens is 196 g/mol. The van der Waals surface area contributed by atoms with E-state index in [0.29, 0.717) is 6.04 Å². The minimum Gasteiger partial charge on any atom is -0.315 e. The van der Waals surface area contributed by atoms with Gasteiger partial charge in [0.15, 0.2) is 0 Å². The van der Waals surface area contributed by atoms with Crippen molar-refractivity contribution in [1.29, 1.82) is 0 Å². The lowest BCUT2D eigenvalue weighted by atomic mass is 9.94. The van der Waals surface area contributed by atoms with Gasteiger partial charge in [0.25, 0.3) is 0 Å². The topological polar surface area (TPSA) is 15.3 Å². The zero-order valence-electron chi connectivity index (χ0n) is 11.5. The zero-order valence-corrected chi connectivity index (χ0v) is 11.5. The van der Waals surface area contributed by atoms with Crippen molar-refractivity contribution in [3.05, 3.63) is 0 Å². The number of rotatable bonds is 7. The average molecular weight is 226 g/mol. The Hall–Kier alpha value is -0.0800. The van der Waals surface area contributed by atoms with Gasteiger partial charge in [-0.2, -0.15) is 0 Å². The molecule has 0 saturated carbocycles. The summed E-state index contributed by atoms with van der Waals surface area (Å²) >= 11 is 0. The van der Waals surface area contributed by atoms with E-state index in [0.717, 1.165) is 5.92 Å². The molecule has 96 valence electrons. The van der Waals surface area contributed by atoms with E-state index in [4.69, 9.17) is 0 Å². The smallest absolute Gasteiger partial charge is 0.00103 e. The maximum atomic E-state index is 3.48. The van der Waals surface area contributed by atoms with Gasteiger partial charge in [0.2, 0.25) is 0 Å². The van der Waals surface area contributed by atoms with Crippen LogP contribution < -0.4 is 5.32 Å². The van der Waals surface area contributed by atoms with Crippen LogP contribution in [-0.2, 0) is 0 Å². The zero-order chi connectivity index (χ0) is 11.8. The Kier molecular flexibility index (Phi) is 7.06. The van der Waals surface area contributed by atoms with Crippen LogP contribution in [-0.4, -0.2) is 37.1 Å². The summed E-state index contributed by atoms with van der Waals surface area (Å²) in [5, 5.41) is 3.48. The van der Waals surface area contributed by atoms with Gasteiger partial charge in [-0.25, -0.2) is 0 Å². The SMILES string of the molecule is CCC1CCN(CCCCNC(C)C)CC1. The Morgan fingerprint density at radius 2 is 1.88 bits per heavy atom. The van der Waals surface area contributed by atoms with Gasteiger partial charge < -0.3 is 10.2 Å². The molecule has 1 rings (SSSR count). The summed E-state index contributed by atoms with van der Waals surface area (Å²) in [6.07, 6.45) is 6.93. The van der Waals surface area contributed by atoms with Gasteiger partial charge in [-0.05, 0) is 57.8 Å². The second-order valence-electron chi connectivity index (χ2n) is 5.51. The van der Waals surface area contributed by atoms with E-state index >= 15 is 0 Å². The third-order valence-corrected chi connectivity index (χ3v) is 3.74. The molecule has 2 nitrogen and oxygen atoms in total. The molecule has 0 unspecified atom stereocenters. The molecule has 16 heavy (non-hydrogen) atoms. The second-order valence-corrected chi connectivity index (χ2v) is 5.51. The number of piperidine rings is 1. The number of hydrogen-bond acceptors (Lipinski definition) is 2. The number of nitrogens with one attached hydrogen (secondary N) is 1. The van der Waals surface area contributed by atoms with Crippen LogP contribution in [0.25, 0.3) is 0 Å². The molecule has 1 aliphatic heterocycles. The summed E-state index contributed by atoms with van der Waals surface area (Å²) in [4.78, 5) is 2.65. The van der Waals surface area contributed by atoms with Crippen LogP contribution in [0.1, 0.15) is 52.9 Å². The van der Waals surface area contributed by atoms with Gasteiger partial charge >= 0.3 is 0 Å². The fraction of sp³-hybridized carbons (Fsp3) is 1.00. The predicted octanol–water partition coefficient (Wildman–Crippen LogP) is 2.89. The van der Waals surface area contributed by atoms with Crippen LogP contribution in [0.5, 0.6) is 0 Å². The first-order valence-electron chi connectivity index (χ1n) is 7.18. The lowest BCUT2D eigenvalue weighted by molar-refractivity contribution is 0.179. The molecule has 0 aromatic rings. The molecule has 1 saturated heterocycles. The first-order valence-corrected chi connectivity index (χ1v) is 7.18. The highest BCUT2D eigenvalue weighted by Gasteiger charge is 2.16. The standard InChI is InChI=1S/C14H30N2/c1-4-14-7-11-16(12-8-14)10-6-5-9-15-13(2)3/h13-15H,4-12H2,1-3H3. The van der Waals surface area contributed by atoms with Crippen molar-refractivity contribution in [2.45, 2.75) is 58.9 Å². The molecular formula is C14H30N2. The maximum absolute atomic E-state index is 3.48. The van der Waals surface area contributed by atoms with Crippen molar-refractivity contribution in [1.82, 2.24) is 10.2 Å². The van der Waals surface area contributed by atoms with E-state index in [1.807, 2.05) is 0 Å². The minimum absolute atomic E-state index is 0.639. The summed E-state index contributed by atoms with van der Waals surface area (Å²) in [6.45, 7) is 12.0. The molecule has 1 fully saturated rings. The highest BCUT2D eigenvalue weighted by molar-refractivity contribution is 4.71. The fourth-order valence-electron chi connectivity index (χ4n) is 2.47. The molecule has 1 aliphatic rings. The highest BCUT2D eigenvalue weighted by Crippen LogP contribution is 2.19. The highest BCUT2D eigenvalue weighted by atomic mass is 15.1. The molecule has 0 aliphatic carbocycles. The Labute approximate surface area is 102 Å². The lowest BCUT2D eigenvalue weighted by Gasteiger charge is -2.31. The van der Waals surface area contributed by atoms with Crippen molar-refractivity contribution in [2.24, 2.45) is 5.92 Å². The molecule has 1 heterocycles. The predicted molar refractivity (Wildman–Crippen MR) is 71.8 cm³/mol. The van der Waals surface area contributed by atoms with Crippen LogP contribution >= 0.6 is 0 Å². The van der Waals surface area contributed by atoms with Gasteiger partial charge in [0.05, 0.1) is 0 Å². The third kappa shape index (κ3) is 5.86. The van der Waals surface area contributed by atoms with E-state index in [1.54, 1.807) is 0 Å². The van der Waals surface area contributed by atoms with E-state index in [-0.39, 0.29) is 0 Å². The number of unbranched alkanes of at least 4 members (excludes halogenated alkanes) is 1. The normalized spacial score (nSPS) is 19.5. The van der Waals surface area contributed by atoms with Crippen LogP contribution in [0.2, 0.25) is 0 Å². The van der Waals surface area contributed by atoms with Crippen LogP contribution in [0.3, 0.4) is 0 Å². The summed E-state index contributed by atoms with van der Waals surface area (Å²) in [6, 6.07) is 0.639. The molecule has 0 amide bonds. The molecule has 0 aromatic carbocycles. The molecule has 1 N–H and O–H groups in total. The Morgan fingerprint density at radius 3 is 2.44 bits per heavy atom.